The zero-order valence-electron chi connectivity index (χ0n) is 17.6. The lowest BCUT2D eigenvalue weighted by Gasteiger charge is -2.29. The highest BCUT2D eigenvalue weighted by molar-refractivity contribution is 5.88. The maximum Gasteiger partial charge on any atom is 0.412 e. The Morgan fingerprint density at radius 2 is 2.03 bits per heavy atom. The highest BCUT2D eigenvalue weighted by Crippen LogP contribution is 2.34. The third-order valence-corrected chi connectivity index (χ3v) is 5.44. The topological polar surface area (TPSA) is 102 Å². The number of pyridine rings is 2. The Bertz CT molecular complexity index is 1230. The lowest BCUT2D eigenvalue weighted by molar-refractivity contribution is -0.121. The number of rotatable bonds is 5. The van der Waals surface area contributed by atoms with E-state index in [1.54, 1.807) is 25.4 Å². The minimum Gasteiger partial charge on any atom is -0.441 e. The number of benzene rings is 1. The van der Waals surface area contributed by atoms with Crippen molar-refractivity contribution in [2.24, 2.45) is 5.92 Å². The molecule has 1 aliphatic rings. The smallest absolute Gasteiger partial charge is 0.412 e. The number of nitrogens with zero attached hydrogens (tertiary/aromatic N) is 2. The number of anilines is 1. The van der Waals surface area contributed by atoms with Crippen LogP contribution in [0.5, 0.6) is 0 Å². The molecule has 1 aliphatic heterocycles. The molecule has 1 atom stereocenters. The molecule has 0 radical (unpaired) electrons. The van der Waals surface area contributed by atoms with Gasteiger partial charge in [-0.3, -0.25) is 19.9 Å². The third-order valence-electron chi connectivity index (χ3n) is 5.44. The molecule has 0 fully saturated rings. The van der Waals surface area contributed by atoms with Gasteiger partial charge in [0.05, 0.1) is 0 Å². The first kappa shape index (κ1) is 20.6. The molecular weight excluding hydrogens is 396 g/mol. The molecule has 2 N–H and O–H groups in total. The van der Waals surface area contributed by atoms with Gasteiger partial charge in [-0.1, -0.05) is 38.1 Å². The molecule has 1 unspecified atom stereocenters. The number of cyclic esters (lactones) is 1. The van der Waals surface area contributed by atoms with Crippen LogP contribution in [0.3, 0.4) is 0 Å². The molecule has 4 rings (SSSR count). The predicted octanol–water partition coefficient (Wildman–Crippen LogP) is 3.28. The molecule has 8 heteroatoms. The Morgan fingerprint density at radius 3 is 2.81 bits per heavy atom. The van der Waals surface area contributed by atoms with Gasteiger partial charge in [0.2, 0.25) is 5.91 Å². The van der Waals surface area contributed by atoms with Crippen molar-refractivity contribution in [3.63, 3.8) is 0 Å². The van der Waals surface area contributed by atoms with E-state index in [2.05, 4.69) is 15.6 Å². The van der Waals surface area contributed by atoms with Crippen LogP contribution in [-0.4, -0.2) is 21.6 Å². The van der Waals surface area contributed by atoms with Gasteiger partial charge in [-0.25, -0.2) is 4.79 Å². The molecule has 0 saturated carbocycles. The van der Waals surface area contributed by atoms with Crippen molar-refractivity contribution in [3.8, 4) is 0 Å². The summed E-state index contributed by atoms with van der Waals surface area (Å²) in [7, 11) is 0. The second kappa shape index (κ2) is 8.22. The molecule has 0 bridgehead atoms. The molecule has 31 heavy (non-hydrogen) atoms. The van der Waals surface area contributed by atoms with Gasteiger partial charge in [-0.2, -0.15) is 0 Å². The molecule has 2 amide bonds. The first-order valence-corrected chi connectivity index (χ1v) is 10.2. The highest BCUT2D eigenvalue weighted by Gasteiger charge is 2.32. The molecule has 0 spiro atoms. The van der Waals surface area contributed by atoms with E-state index in [1.165, 1.54) is 4.57 Å². The molecule has 2 aromatic heterocycles. The summed E-state index contributed by atoms with van der Waals surface area (Å²) in [4.78, 5) is 41.8. The molecule has 0 aliphatic carbocycles. The van der Waals surface area contributed by atoms with Crippen molar-refractivity contribution in [3.05, 3.63) is 69.9 Å². The van der Waals surface area contributed by atoms with Crippen molar-refractivity contribution < 1.29 is 14.3 Å². The molecule has 160 valence electrons. The summed E-state index contributed by atoms with van der Waals surface area (Å²) >= 11 is 0. The molecule has 3 aromatic rings. The second-order valence-corrected chi connectivity index (χ2v) is 8.00. The minimum atomic E-state index is -0.661. The van der Waals surface area contributed by atoms with Crippen molar-refractivity contribution in [1.82, 2.24) is 14.9 Å². The Hall–Kier alpha value is -3.68. The Labute approximate surface area is 179 Å². The monoisotopic (exact) mass is 420 g/mol. The Morgan fingerprint density at radius 1 is 1.26 bits per heavy atom. The minimum absolute atomic E-state index is 0.0112. The predicted molar refractivity (Wildman–Crippen MR) is 117 cm³/mol. The van der Waals surface area contributed by atoms with Crippen LogP contribution in [0.4, 0.5) is 10.5 Å². The van der Waals surface area contributed by atoms with Gasteiger partial charge in [0, 0.05) is 35.6 Å². The molecule has 8 nitrogen and oxygen atoms in total. The van der Waals surface area contributed by atoms with E-state index < -0.39 is 17.8 Å². The summed E-state index contributed by atoms with van der Waals surface area (Å²) in [6, 6.07) is 9.61. The Balaban J connectivity index is 1.55. The number of fused-ring (bicyclic) bond motifs is 2. The van der Waals surface area contributed by atoms with Crippen molar-refractivity contribution in [2.45, 2.75) is 40.0 Å². The van der Waals surface area contributed by atoms with Crippen molar-refractivity contribution in [1.29, 1.82) is 0 Å². The highest BCUT2D eigenvalue weighted by atomic mass is 16.6. The number of amides is 2. The second-order valence-electron chi connectivity index (χ2n) is 8.00. The van der Waals surface area contributed by atoms with Gasteiger partial charge in [-0.05, 0) is 29.9 Å². The number of hydrogen-bond donors (Lipinski definition) is 2. The number of nitrogens with one attached hydrogen (secondary N) is 2. The zero-order valence-corrected chi connectivity index (χ0v) is 17.6. The molecule has 0 saturated heterocycles. The average molecular weight is 420 g/mol. The fourth-order valence-electron chi connectivity index (χ4n) is 3.86. The quantitative estimate of drug-likeness (QED) is 0.659. The lowest BCUT2D eigenvalue weighted by atomic mass is 9.96. The largest absolute Gasteiger partial charge is 0.441 e. The number of hydrogen-bond acceptors (Lipinski definition) is 5. The third kappa shape index (κ3) is 4.01. The van der Waals surface area contributed by atoms with E-state index >= 15 is 0 Å². The average Bonchev–Trinajstić information content (AvgIpc) is 2.75. The summed E-state index contributed by atoms with van der Waals surface area (Å²) in [5.74, 6) is -0.297. The van der Waals surface area contributed by atoms with Crippen LogP contribution in [0.2, 0.25) is 0 Å². The van der Waals surface area contributed by atoms with Crippen LogP contribution in [-0.2, 0) is 22.6 Å². The van der Waals surface area contributed by atoms with Crippen LogP contribution in [0.1, 0.15) is 36.8 Å². The molecular formula is C23H24N4O4. The molecule has 3 heterocycles. The summed E-state index contributed by atoms with van der Waals surface area (Å²) in [6.45, 7) is 5.75. The van der Waals surface area contributed by atoms with Crippen molar-refractivity contribution >= 4 is 28.5 Å². The standard InChI is InChI=1S/C23H24N4O4/c1-13(2)21-18-8-14(3)27(22(29)20(18)26-23(30)31-21)12-19(28)25-11-16-10-24-9-15-6-4-5-7-17(15)16/h4-10,13,21H,11-12H2,1-3H3,(H,25,28)(H,26,30). The SMILES string of the molecule is Cc1cc2c(c(=O)n1CC(=O)NCc1cncc3ccccc13)NC(=O)OC2C(C)C. The first-order valence-electron chi connectivity index (χ1n) is 10.2. The van der Waals surface area contributed by atoms with E-state index in [4.69, 9.17) is 4.74 Å². The fraction of sp³-hybridized carbons (Fsp3) is 0.304. The van der Waals surface area contributed by atoms with Crippen LogP contribution in [0, 0.1) is 12.8 Å². The number of aryl methyl sites for hydroxylation is 1. The van der Waals surface area contributed by atoms with E-state index in [0.717, 1.165) is 16.3 Å². The summed E-state index contributed by atoms with van der Waals surface area (Å²) < 4.78 is 6.70. The van der Waals surface area contributed by atoms with Gasteiger partial charge in [0.25, 0.3) is 5.56 Å². The van der Waals surface area contributed by atoms with Crippen LogP contribution < -0.4 is 16.2 Å². The number of ether oxygens (including phenoxy) is 1. The fourth-order valence-corrected chi connectivity index (χ4v) is 3.86. The normalized spacial score (nSPS) is 15.4. The summed E-state index contributed by atoms with van der Waals surface area (Å²) in [5, 5.41) is 7.37. The van der Waals surface area contributed by atoms with E-state index in [9.17, 15) is 14.4 Å². The maximum absolute atomic E-state index is 13.0. The lowest BCUT2D eigenvalue weighted by Crippen LogP contribution is -2.38. The van der Waals surface area contributed by atoms with E-state index in [-0.39, 0.29) is 24.1 Å². The zero-order chi connectivity index (χ0) is 22.1. The summed E-state index contributed by atoms with van der Waals surface area (Å²) in [6.07, 6.45) is 2.34. The maximum atomic E-state index is 13.0. The van der Waals surface area contributed by atoms with Crippen LogP contribution in [0.25, 0.3) is 10.8 Å². The van der Waals surface area contributed by atoms with E-state index in [0.29, 0.717) is 17.8 Å². The number of aromatic nitrogens is 2. The first-order chi connectivity index (χ1) is 14.8. The van der Waals surface area contributed by atoms with Crippen LogP contribution in [0.15, 0.2) is 47.5 Å². The van der Waals surface area contributed by atoms with E-state index in [1.807, 2.05) is 38.1 Å². The van der Waals surface area contributed by atoms with Gasteiger partial charge in [0.15, 0.2) is 0 Å². The van der Waals surface area contributed by atoms with Gasteiger partial charge in [0.1, 0.15) is 18.3 Å². The van der Waals surface area contributed by atoms with Gasteiger partial charge < -0.3 is 14.6 Å². The van der Waals surface area contributed by atoms with Crippen LogP contribution >= 0.6 is 0 Å². The van der Waals surface area contributed by atoms with Crippen molar-refractivity contribution in [2.75, 3.05) is 5.32 Å². The number of carbonyl (C=O) groups excluding carboxylic acids is 2. The molecule has 1 aromatic carbocycles. The number of carbonyl (C=O) groups is 2. The Kier molecular flexibility index (Phi) is 5.46. The van der Waals surface area contributed by atoms with Gasteiger partial charge in [-0.15, -0.1) is 0 Å². The summed E-state index contributed by atoms with van der Waals surface area (Å²) in [5.41, 5.74) is 1.91. The van der Waals surface area contributed by atoms with Gasteiger partial charge >= 0.3 is 6.09 Å².